The van der Waals surface area contributed by atoms with Gasteiger partial charge in [0.25, 0.3) is 5.91 Å². The molecule has 0 fully saturated rings. The maximum Gasteiger partial charge on any atom is 0.330 e. The third-order valence-corrected chi connectivity index (χ3v) is 4.17. The van der Waals surface area contributed by atoms with E-state index in [-0.39, 0.29) is 6.54 Å². The SMILES string of the molecule is C[C@H](OC(=O)Cn1nnc(-c2ccsc2)n1)C(=O)Nc1ccccc1C#N. The number of nitrogens with one attached hydrogen (secondary N) is 1. The second-order valence-electron chi connectivity index (χ2n) is 5.43. The van der Waals surface area contributed by atoms with Gasteiger partial charge in [-0.1, -0.05) is 12.1 Å². The van der Waals surface area contributed by atoms with Crippen LogP contribution in [0.4, 0.5) is 5.69 Å². The van der Waals surface area contributed by atoms with E-state index in [1.165, 1.54) is 18.3 Å². The molecule has 27 heavy (non-hydrogen) atoms. The van der Waals surface area contributed by atoms with Crippen LogP contribution in [0, 0.1) is 11.3 Å². The Morgan fingerprint density at radius 2 is 2.19 bits per heavy atom. The third-order valence-electron chi connectivity index (χ3n) is 3.49. The zero-order valence-corrected chi connectivity index (χ0v) is 15.0. The van der Waals surface area contributed by atoms with Crippen LogP contribution in [0.5, 0.6) is 0 Å². The van der Waals surface area contributed by atoms with Crippen LogP contribution in [0.2, 0.25) is 0 Å². The normalized spacial score (nSPS) is 11.4. The van der Waals surface area contributed by atoms with Crippen LogP contribution >= 0.6 is 11.3 Å². The quantitative estimate of drug-likeness (QED) is 0.645. The third kappa shape index (κ3) is 4.53. The molecule has 0 saturated heterocycles. The molecule has 0 aliphatic heterocycles. The maximum atomic E-state index is 12.2. The lowest BCUT2D eigenvalue weighted by atomic mass is 10.2. The van der Waals surface area contributed by atoms with Crippen LogP contribution in [0.25, 0.3) is 11.4 Å². The summed E-state index contributed by atoms with van der Waals surface area (Å²) in [5.74, 6) is -0.819. The lowest BCUT2D eigenvalue weighted by Gasteiger charge is -2.13. The number of nitriles is 1. The Kier molecular flexibility index (Phi) is 5.53. The standard InChI is InChI=1S/C17H14N6O3S/c1-11(17(25)19-14-5-3-2-4-12(14)8-18)26-15(24)9-23-21-16(20-22-23)13-6-7-27-10-13/h2-7,10-11H,9H2,1H3,(H,19,25)/t11-/m0/s1. The Hall–Kier alpha value is -3.58. The van der Waals surface area contributed by atoms with Crippen LogP contribution in [0.1, 0.15) is 12.5 Å². The summed E-state index contributed by atoms with van der Waals surface area (Å²) in [6.45, 7) is 1.16. The molecule has 0 bridgehead atoms. The average Bonchev–Trinajstić information content (AvgIpc) is 3.33. The molecular formula is C17H14N6O3S. The topological polar surface area (TPSA) is 123 Å². The molecule has 136 valence electrons. The number of anilines is 1. The van der Waals surface area contributed by atoms with Gasteiger partial charge >= 0.3 is 5.97 Å². The molecule has 2 aromatic heterocycles. The second kappa shape index (κ2) is 8.20. The van der Waals surface area contributed by atoms with Crippen LogP contribution in [0.15, 0.2) is 41.1 Å². The number of ether oxygens (including phenoxy) is 1. The number of carbonyl (C=O) groups excluding carboxylic acids is 2. The number of esters is 1. The minimum Gasteiger partial charge on any atom is -0.451 e. The van der Waals surface area contributed by atoms with Gasteiger partial charge in [-0.25, -0.2) is 4.79 Å². The minimum absolute atomic E-state index is 0.274. The molecule has 10 heteroatoms. The van der Waals surface area contributed by atoms with Crippen molar-refractivity contribution in [2.75, 3.05) is 5.32 Å². The van der Waals surface area contributed by atoms with E-state index in [0.29, 0.717) is 17.1 Å². The molecule has 1 amide bonds. The monoisotopic (exact) mass is 382 g/mol. The van der Waals surface area contributed by atoms with E-state index in [1.807, 2.05) is 22.9 Å². The van der Waals surface area contributed by atoms with E-state index in [9.17, 15) is 9.59 Å². The van der Waals surface area contributed by atoms with Gasteiger partial charge in [0.05, 0.1) is 11.3 Å². The Morgan fingerprint density at radius 3 is 2.93 bits per heavy atom. The van der Waals surface area contributed by atoms with Gasteiger partial charge in [0, 0.05) is 10.9 Å². The van der Waals surface area contributed by atoms with Crippen molar-refractivity contribution in [3.63, 3.8) is 0 Å². The van der Waals surface area contributed by atoms with Gasteiger partial charge in [-0.15, -0.1) is 10.2 Å². The second-order valence-corrected chi connectivity index (χ2v) is 6.21. The summed E-state index contributed by atoms with van der Waals surface area (Å²) < 4.78 is 5.10. The first-order valence-corrected chi connectivity index (χ1v) is 8.81. The summed E-state index contributed by atoms with van der Waals surface area (Å²) in [6, 6.07) is 10.4. The van der Waals surface area contributed by atoms with E-state index in [4.69, 9.17) is 10.00 Å². The number of aromatic nitrogens is 4. The van der Waals surface area contributed by atoms with E-state index in [2.05, 4.69) is 20.7 Å². The Bertz CT molecular complexity index is 992. The van der Waals surface area contributed by atoms with Gasteiger partial charge in [-0.2, -0.15) is 21.4 Å². The molecule has 3 rings (SSSR count). The molecule has 1 atom stereocenters. The van der Waals surface area contributed by atoms with Crippen LogP contribution < -0.4 is 5.32 Å². The summed E-state index contributed by atoms with van der Waals surface area (Å²) in [4.78, 5) is 25.3. The van der Waals surface area contributed by atoms with Crippen molar-refractivity contribution in [1.29, 1.82) is 5.26 Å². The van der Waals surface area contributed by atoms with Crippen LogP contribution in [0.3, 0.4) is 0 Å². The minimum atomic E-state index is -1.05. The Labute approximate surface area is 158 Å². The number of para-hydroxylation sites is 1. The smallest absolute Gasteiger partial charge is 0.330 e. The van der Waals surface area contributed by atoms with Gasteiger partial charge in [0.2, 0.25) is 5.82 Å². The number of rotatable bonds is 6. The molecule has 0 aliphatic rings. The van der Waals surface area contributed by atoms with Crippen molar-refractivity contribution in [3.8, 4) is 17.5 Å². The fourth-order valence-corrected chi connectivity index (χ4v) is 2.78. The summed E-state index contributed by atoms with van der Waals surface area (Å²) in [7, 11) is 0. The number of carbonyl (C=O) groups is 2. The van der Waals surface area contributed by atoms with Crippen LogP contribution in [-0.4, -0.2) is 38.2 Å². The highest BCUT2D eigenvalue weighted by Gasteiger charge is 2.20. The van der Waals surface area contributed by atoms with Gasteiger partial charge in [0.15, 0.2) is 12.6 Å². The summed E-state index contributed by atoms with van der Waals surface area (Å²) in [6.07, 6.45) is -1.05. The van der Waals surface area contributed by atoms with Crippen molar-refractivity contribution in [3.05, 3.63) is 46.7 Å². The zero-order chi connectivity index (χ0) is 19.2. The summed E-state index contributed by atoms with van der Waals surface area (Å²) in [5.41, 5.74) is 1.48. The molecule has 9 nitrogen and oxygen atoms in total. The first kappa shape index (κ1) is 18.2. The fraction of sp³-hybridized carbons (Fsp3) is 0.176. The first-order chi connectivity index (χ1) is 13.1. The van der Waals surface area contributed by atoms with Crippen molar-refractivity contribution >= 4 is 28.9 Å². The lowest BCUT2D eigenvalue weighted by Crippen LogP contribution is -2.31. The predicted octanol–water partition coefficient (Wildman–Crippen LogP) is 1.84. The fourth-order valence-electron chi connectivity index (χ4n) is 2.14. The van der Waals surface area contributed by atoms with E-state index >= 15 is 0 Å². The van der Waals surface area contributed by atoms with Crippen molar-refractivity contribution < 1.29 is 14.3 Å². The number of hydrogen-bond donors (Lipinski definition) is 1. The number of amides is 1. The molecule has 0 aliphatic carbocycles. The van der Waals surface area contributed by atoms with Gasteiger partial charge in [0.1, 0.15) is 6.07 Å². The Balaban J connectivity index is 1.56. The molecule has 1 aromatic carbocycles. The number of benzene rings is 1. The maximum absolute atomic E-state index is 12.2. The molecule has 0 spiro atoms. The highest BCUT2D eigenvalue weighted by atomic mass is 32.1. The van der Waals surface area contributed by atoms with Crippen molar-refractivity contribution in [2.24, 2.45) is 0 Å². The molecule has 2 heterocycles. The van der Waals surface area contributed by atoms with Gasteiger partial charge in [-0.3, -0.25) is 4.79 Å². The number of nitrogens with zero attached hydrogens (tertiary/aromatic N) is 5. The van der Waals surface area contributed by atoms with E-state index < -0.39 is 18.0 Å². The van der Waals surface area contributed by atoms with E-state index in [0.717, 1.165) is 10.4 Å². The van der Waals surface area contributed by atoms with E-state index in [1.54, 1.807) is 24.3 Å². The first-order valence-electron chi connectivity index (χ1n) is 7.86. The molecule has 0 radical (unpaired) electrons. The highest BCUT2D eigenvalue weighted by Crippen LogP contribution is 2.17. The van der Waals surface area contributed by atoms with Crippen molar-refractivity contribution in [1.82, 2.24) is 20.2 Å². The number of tetrazole rings is 1. The van der Waals surface area contributed by atoms with Crippen LogP contribution in [-0.2, 0) is 20.9 Å². The molecule has 3 aromatic rings. The molecular weight excluding hydrogens is 368 g/mol. The zero-order valence-electron chi connectivity index (χ0n) is 14.2. The molecule has 0 unspecified atom stereocenters. The van der Waals surface area contributed by atoms with Gasteiger partial charge < -0.3 is 10.1 Å². The molecule has 0 saturated carbocycles. The largest absolute Gasteiger partial charge is 0.451 e. The van der Waals surface area contributed by atoms with Gasteiger partial charge in [-0.05, 0) is 35.7 Å². The lowest BCUT2D eigenvalue weighted by molar-refractivity contribution is -0.154. The predicted molar refractivity (Wildman–Crippen MR) is 96.5 cm³/mol. The summed E-state index contributed by atoms with van der Waals surface area (Å²) in [5, 5.41) is 27.1. The number of thiophene rings is 1. The molecule has 1 N–H and O–H groups in total. The average molecular weight is 382 g/mol. The van der Waals surface area contributed by atoms with Crippen molar-refractivity contribution in [2.45, 2.75) is 19.6 Å². The number of hydrogen-bond acceptors (Lipinski definition) is 8. The summed E-state index contributed by atoms with van der Waals surface area (Å²) >= 11 is 1.50. The Morgan fingerprint density at radius 1 is 1.37 bits per heavy atom. The highest BCUT2D eigenvalue weighted by molar-refractivity contribution is 7.08.